The van der Waals surface area contributed by atoms with Crippen LogP contribution in [0.2, 0.25) is 0 Å². The van der Waals surface area contributed by atoms with Crippen molar-refractivity contribution >= 4 is 11.7 Å². The minimum atomic E-state index is -1.62. The number of hydrogen-bond acceptors (Lipinski definition) is 9. The number of ether oxygens (including phenoxy) is 2. The lowest BCUT2D eigenvalue weighted by atomic mass is 9.99. The summed E-state index contributed by atoms with van der Waals surface area (Å²) < 4.78 is 10.8. The van der Waals surface area contributed by atoms with Crippen molar-refractivity contribution < 1.29 is 44.9 Å². The SMILES string of the molecule is O=C(O)C1=CC(O)c2cccc(O[C@@H]3O[C@H](CO)[C@@H](O)[C@H](O)[C@H]3O)c2N1. The Kier molecular flexibility index (Phi) is 5.14. The molecule has 2 aliphatic rings. The number of aliphatic hydroxyl groups is 5. The van der Waals surface area contributed by atoms with E-state index in [1.807, 2.05) is 0 Å². The van der Waals surface area contributed by atoms with Crippen LogP contribution < -0.4 is 10.1 Å². The number of carboxylic acids is 1. The summed E-state index contributed by atoms with van der Waals surface area (Å²) in [5.41, 5.74) is 0.254. The summed E-state index contributed by atoms with van der Waals surface area (Å²) in [6, 6.07) is 4.55. The highest BCUT2D eigenvalue weighted by Gasteiger charge is 2.45. The summed E-state index contributed by atoms with van der Waals surface area (Å²) in [6.45, 7) is -0.611. The number of rotatable bonds is 4. The van der Waals surface area contributed by atoms with Crippen LogP contribution >= 0.6 is 0 Å². The molecule has 10 nitrogen and oxygen atoms in total. The number of anilines is 1. The molecule has 142 valence electrons. The zero-order chi connectivity index (χ0) is 19.0. The van der Waals surface area contributed by atoms with Crippen molar-refractivity contribution in [3.05, 3.63) is 35.5 Å². The van der Waals surface area contributed by atoms with Gasteiger partial charge in [0.05, 0.1) is 12.3 Å². The highest BCUT2D eigenvalue weighted by molar-refractivity contribution is 5.92. The van der Waals surface area contributed by atoms with Gasteiger partial charge in [0.2, 0.25) is 6.29 Å². The zero-order valence-electron chi connectivity index (χ0n) is 13.4. The molecule has 1 aromatic carbocycles. The van der Waals surface area contributed by atoms with Crippen molar-refractivity contribution in [2.75, 3.05) is 11.9 Å². The van der Waals surface area contributed by atoms with E-state index in [1.54, 1.807) is 12.1 Å². The van der Waals surface area contributed by atoms with E-state index in [0.717, 1.165) is 6.08 Å². The second-order valence-corrected chi connectivity index (χ2v) is 5.99. The van der Waals surface area contributed by atoms with Gasteiger partial charge < -0.3 is 45.4 Å². The smallest absolute Gasteiger partial charge is 0.352 e. The maximum atomic E-state index is 11.2. The van der Waals surface area contributed by atoms with E-state index in [2.05, 4.69) is 5.32 Å². The molecule has 0 aromatic heterocycles. The molecule has 0 bridgehead atoms. The Balaban J connectivity index is 1.88. The van der Waals surface area contributed by atoms with Crippen LogP contribution in [0, 0.1) is 0 Å². The van der Waals surface area contributed by atoms with Crippen LogP contribution in [0.15, 0.2) is 30.0 Å². The molecule has 0 saturated carbocycles. The molecule has 3 rings (SSSR count). The summed E-state index contributed by atoms with van der Waals surface area (Å²) >= 11 is 0. The molecule has 2 aliphatic heterocycles. The quantitative estimate of drug-likeness (QED) is 0.324. The van der Waals surface area contributed by atoms with Crippen LogP contribution in [0.1, 0.15) is 11.7 Å². The van der Waals surface area contributed by atoms with Crippen LogP contribution in [-0.2, 0) is 9.53 Å². The fourth-order valence-corrected chi connectivity index (χ4v) is 2.87. The van der Waals surface area contributed by atoms with Crippen LogP contribution in [0.25, 0.3) is 0 Å². The highest BCUT2D eigenvalue weighted by Crippen LogP contribution is 2.39. The van der Waals surface area contributed by atoms with Gasteiger partial charge in [0, 0.05) is 5.56 Å². The third-order valence-electron chi connectivity index (χ3n) is 4.28. The first-order chi connectivity index (χ1) is 12.3. The van der Waals surface area contributed by atoms with Gasteiger partial charge in [-0.2, -0.15) is 0 Å². The molecular weight excluding hydrogens is 350 g/mol. The first-order valence-electron chi connectivity index (χ1n) is 7.83. The van der Waals surface area contributed by atoms with Crippen LogP contribution in [-0.4, -0.2) is 73.9 Å². The lowest BCUT2D eigenvalue weighted by molar-refractivity contribution is -0.277. The summed E-state index contributed by atoms with van der Waals surface area (Å²) in [7, 11) is 0. The van der Waals surface area contributed by atoms with Gasteiger partial charge in [-0.3, -0.25) is 0 Å². The second-order valence-electron chi connectivity index (χ2n) is 5.99. The molecule has 1 aromatic rings. The molecule has 0 amide bonds. The van der Waals surface area contributed by atoms with E-state index in [0.29, 0.717) is 5.56 Å². The average Bonchev–Trinajstić information content (AvgIpc) is 2.62. The monoisotopic (exact) mass is 369 g/mol. The number of aliphatic hydroxyl groups excluding tert-OH is 5. The number of fused-ring (bicyclic) bond motifs is 1. The topological polar surface area (TPSA) is 169 Å². The molecule has 6 atom stereocenters. The van der Waals surface area contributed by atoms with Gasteiger partial charge in [0.15, 0.2) is 0 Å². The fraction of sp³-hybridized carbons (Fsp3) is 0.438. The lowest BCUT2D eigenvalue weighted by Gasteiger charge is -2.40. The van der Waals surface area contributed by atoms with Crippen LogP contribution in [0.5, 0.6) is 5.75 Å². The average molecular weight is 369 g/mol. The normalized spacial score (nSPS) is 33.7. The number of hydrogen-bond donors (Lipinski definition) is 7. The van der Waals surface area contributed by atoms with Gasteiger partial charge in [-0.25, -0.2) is 4.79 Å². The molecule has 7 N–H and O–H groups in total. The number of aliphatic carboxylic acids is 1. The lowest BCUT2D eigenvalue weighted by Crippen LogP contribution is -2.60. The van der Waals surface area contributed by atoms with Crippen molar-refractivity contribution in [3.8, 4) is 5.75 Å². The van der Waals surface area contributed by atoms with Gasteiger partial charge >= 0.3 is 5.97 Å². The van der Waals surface area contributed by atoms with Gasteiger partial charge in [-0.15, -0.1) is 0 Å². The second kappa shape index (κ2) is 7.19. The molecule has 0 radical (unpaired) electrons. The fourth-order valence-electron chi connectivity index (χ4n) is 2.87. The molecule has 1 fully saturated rings. The first kappa shape index (κ1) is 18.6. The molecule has 1 saturated heterocycles. The number of para-hydroxylation sites is 1. The van der Waals surface area contributed by atoms with Gasteiger partial charge in [0.25, 0.3) is 0 Å². The number of carboxylic acid groups (broad SMARTS) is 1. The molecule has 0 aliphatic carbocycles. The zero-order valence-corrected chi connectivity index (χ0v) is 13.4. The predicted molar refractivity (Wildman–Crippen MR) is 85.1 cm³/mol. The first-order valence-corrected chi connectivity index (χ1v) is 7.83. The minimum Gasteiger partial charge on any atom is -0.477 e. The van der Waals surface area contributed by atoms with Gasteiger partial charge in [0.1, 0.15) is 42.0 Å². The minimum absolute atomic E-state index is 0.0535. The Morgan fingerprint density at radius 2 is 1.88 bits per heavy atom. The van der Waals surface area contributed by atoms with E-state index in [-0.39, 0.29) is 17.1 Å². The van der Waals surface area contributed by atoms with Crippen molar-refractivity contribution in [1.82, 2.24) is 0 Å². The summed E-state index contributed by atoms with van der Waals surface area (Å²) in [5, 5.41) is 60.8. The van der Waals surface area contributed by atoms with Crippen molar-refractivity contribution in [3.63, 3.8) is 0 Å². The maximum absolute atomic E-state index is 11.2. The number of benzene rings is 1. The van der Waals surface area contributed by atoms with E-state index in [4.69, 9.17) is 14.6 Å². The Labute approximate surface area is 147 Å². The Morgan fingerprint density at radius 1 is 1.15 bits per heavy atom. The Hall–Kier alpha value is -2.21. The Bertz CT molecular complexity index is 720. The molecule has 26 heavy (non-hydrogen) atoms. The largest absolute Gasteiger partial charge is 0.477 e. The number of carbonyl (C=O) groups is 1. The molecular formula is C16H19NO9. The summed E-state index contributed by atoms with van der Waals surface area (Å²) in [4.78, 5) is 11.2. The van der Waals surface area contributed by atoms with Crippen molar-refractivity contribution in [2.45, 2.75) is 36.8 Å². The maximum Gasteiger partial charge on any atom is 0.352 e. The summed E-state index contributed by atoms with van der Waals surface area (Å²) in [5.74, 6) is -1.23. The Morgan fingerprint density at radius 3 is 2.54 bits per heavy atom. The standard InChI is InChI=1S/C16H19NO9/c18-5-10-12(20)13(21)14(22)16(26-10)25-9-3-1-2-6-8(19)4-7(15(23)24)17-11(6)9/h1-4,8,10,12-14,16-22H,5H2,(H,23,24)/t8?,10-,12-,13+,14-,16-/m1/s1. The van der Waals surface area contributed by atoms with E-state index in [1.165, 1.54) is 6.07 Å². The van der Waals surface area contributed by atoms with E-state index >= 15 is 0 Å². The molecule has 10 heteroatoms. The third-order valence-corrected chi connectivity index (χ3v) is 4.28. The number of nitrogens with one attached hydrogen (secondary N) is 1. The van der Waals surface area contributed by atoms with Crippen molar-refractivity contribution in [1.29, 1.82) is 0 Å². The van der Waals surface area contributed by atoms with E-state index < -0.39 is 49.4 Å². The van der Waals surface area contributed by atoms with Gasteiger partial charge in [-0.1, -0.05) is 12.1 Å². The molecule has 2 heterocycles. The molecule has 0 spiro atoms. The van der Waals surface area contributed by atoms with Crippen molar-refractivity contribution in [2.24, 2.45) is 0 Å². The van der Waals surface area contributed by atoms with Gasteiger partial charge in [-0.05, 0) is 12.1 Å². The highest BCUT2D eigenvalue weighted by atomic mass is 16.7. The summed E-state index contributed by atoms with van der Waals surface area (Å²) in [6.07, 6.45) is -7.40. The molecule has 1 unspecified atom stereocenters. The predicted octanol–water partition coefficient (Wildman–Crippen LogP) is -1.71. The third kappa shape index (κ3) is 3.26. The van der Waals surface area contributed by atoms with Crippen LogP contribution in [0.3, 0.4) is 0 Å². The van der Waals surface area contributed by atoms with E-state index in [9.17, 15) is 30.3 Å². The van der Waals surface area contributed by atoms with Crippen LogP contribution in [0.4, 0.5) is 5.69 Å².